The Morgan fingerprint density at radius 1 is 0.853 bits per heavy atom. The number of aromatic carboxylic acids is 1. The van der Waals surface area contributed by atoms with E-state index in [0.717, 1.165) is 49.7 Å². The van der Waals surface area contributed by atoms with E-state index in [1.807, 2.05) is 65.2 Å². The molecule has 0 unspecified atom stereocenters. The molecule has 170 valence electrons. The third-order valence-corrected chi connectivity index (χ3v) is 6.58. The van der Waals surface area contributed by atoms with E-state index in [2.05, 4.69) is 38.1 Å². The maximum Gasteiger partial charge on any atom is 0.353 e. The van der Waals surface area contributed by atoms with E-state index in [1.54, 1.807) is 0 Å². The fraction of sp³-hybridized carbons (Fsp3) is 0.167. The lowest BCUT2D eigenvalue weighted by Gasteiger charge is -2.13. The van der Waals surface area contributed by atoms with Crippen LogP contribution in [-0.4, -0.2) is 22.2 Å². The average molecular weight is 450 g/mol. The number of aromatic nitrogens is 1. The number of hydrogen-bond acceptors (Lipinski definition) is 2. The molecule has 1 aromatic heterocycles. The number of nitrogens with zero attached hydrogens (tertiary/aromatic N) is 1. The first-order valence-corrected chi connectivity index (χ1v) is 11.6. The molecule has 4 heteroatoms. The zero-order valence-electron chi connectivity index (χ0n) is 19.4. The Morgan fingerprint density at radius 3 is 2.38 bits per heavy atom. The molecule has 5 aromatic rings. The summed E-state index contributed by atoms with van der Waals surface area (Å²) < 4.78 is 8.05. The van der Waals surface area contributed by atoms with Gasteiger partial charge in [-0.15, -0.1) is 0 Å². The van der Waals surface area contributed by atoms with Crippen molar-refractivity contribution in [2.45, 2.75) is 26.8 Å². The molecule has 1 heterocycles. The average Bonchev–Trinajstić information content (AvgIpc) is 3.18. The van der Waals surface area contributed by atoms with Crippen LogP contribution in [0.5, 0.6) is 5.75 Å². The Bertz CT molecular complexity index is 1510. The van der Waals surface area contributed by atoms with E-state index in [9.17, 15) is 9.90 Å². The molecule has 0 saturated heterocycles. The molecule has 0 aliphatic rings. The van der Waals surface area contributed by atoms with Crippen LogP contribution in [0.15, 0.2) is 84.9 Å². The first-order chi connectivity index (χ1) is 16.6. The maximum atomic E-state index is 12.5. The Kier molecular flexibility index (Phi) is 5.81. The molecular formula is C30H27NO3. The minimum atomic E-state index is -0.915. The van der Waals surface area contributed by atoms with Crippen LogP contribution >= 0.6 is 0 Å². The normalized spacial score (nSPS) is 11.2. The van der Waals surface area contributed by atoms with Crippen molar-refractivity contribution in [1.29, 1.82) is 0 Å². The number of ether oxygens (including phenoxy) is 1. The predicted molar refractivity (Wildman–Crippen MR) is 138 cm³/mol. The van der Waals surface area contributed by atoms with Gasteiger partial charge in [-0.1, -0.05) is 72.8 Å². The molecule has 0 amide bonds. The summed E-state index contributed by atoms with van der Waals surface area (Å²) in [5.74, 6) is -0.0629. The second kappa shape index (κ2) is 9.06. The van der Waals surface area contributed by atoms with Crippen molar-refractivity contribution in [2.24, 2.45) is 0 Å². The van der Waals surface area contributed by atoms with Gasteiger partial charge in [0.25, 0.3) is 0 Å². The molecule has 0 atom stereocenters. The van der Waals surface area contributed by atoms with Gasteiger partial charge in [-0.3, -0.25) is 0 Å². The van der Waals surface area contributed by atoms with E-state index in [-0.39, 0.29) is 0 Å². The minimum Gasteiger partial charge on any atom is -0.493 e. The van der Waals surface area contributed by atoms with Gasteiger partial charge in [0.1, 0.15) is 11.4 Å². The highest BCUT2D eigenvalue weighted by atomic mass is 16.5. The number of fused-ring (bicyclic) bond motifs is 2. The monoisotopic (exact) mass is 449 g/mol. The van der Waals surface area contributed by atoms with Crippen molar-refractivity contribution in [3.63, 3.8) is 0 Å². The number of hydrogen-bond donors (Lipinski definition) is 1. The highest BCUT2D eigenvalue weighted by Crippen LogP contribution is 2.37. The van der Waals surface area contributed by atoms with E-state index in [1.165, 1.54) is 0 Å². The first kappa shape index (κ1) is 21.8. The Morgan fingerprint density at radius 2 is 1.56 bits per heavy atom. The minimum absolute atomic E-state index is 0.333. The van der Waals surface area contributed by atoms with Crippen LogP contribution in [0.4, 0.5) is 0 Å². The van der Waals surface area contributed by atoms with Gasteiger partial charge >= 0.3 is 5.97 Å². The SMILES string of the molecule is Cc1cccc(-c2c(C(=O)O)n(CCCOc3cccc4ccccc34)c3ccccc23)c1C. The van der Waals surface area contributed by atoms with Crippen molar-refractivity contribution < 1.29 is 14.6 Å². The second-order valence-corrected chi connectivity index (χ2v) is 8.62. The fourth-order valence-corrected chi connectivity index (χ4v) is 4.78. The van der Waals surface area contributed by atoms with E-state index < -0.39 is 5.97 Å². The largest absolute Gasteiger partial charge is 0.493 e. The fourth-order valence-electron chi connectivity index (χ4n) is 4.78. The highest BCUT2D eigenvalue weighted by molar-refractivity contribution is 6.08. The number of benzene rings is 4. The van der Waals surface area contributed by atoms with Crippen molar-refractivity contribution in [1.82, 2.24) is 4.57 Å². The summed E-state index contributed by atoms with van der Waals surface area (Å²) in [6.07, 6.45) is 0.689. The van der Waals surface area contributed by atoms with Crippen LogP contribution in [0.2, 0.25) is 0 Å². The molecule has 1 N–H and O–H groups in total. The quantitative estimate of drug-likeness (QED) is 0.266. The van der Waals surface area contributed by atoms with Gasteiger partial charge in [-0.2, -0.15) is 0 Å². The van der Waals surface area contributed by atoms with Crippen LogP contribution in [0, 0.1) is 13.8 Å². The number of carboxylic acid groups (broad SMARTS) is 1. The van der Waals surface area contributed by atoms with E-state index in [0.29, 0.717) is 25.3 Å². The van der Waals surface area contributed by atoms with Gasteiger partial charge in [0, 0.05) is 28.4 Å². The van der Waals surface area contributed by atoms with Crippen LogP contribution < -0.4 is 4.74 Å². The topological polar surface area (TPSA) is 51.5 Å². The second-order valence-electron chi connectivity index (χ2n) is 8.62. The molecule has 34 heavy (non-hydrogen) atoms. The van der Waals surface area contributed by atoms with Crippen molar-refractivity contribution in [3.05, 3.63) is 102 Å². The number of para-hydroxylation sites is 1. The number of rotatable bonds is 7. The summed E-state index contributed by atoms with van der Waals surface area (Å²) in [6, 6.07) is 28.2. The zero-order valence-corrected chi connectivity index (χ0v) is 19.4. The molecule has 0 spiro atoms. The van der Waals surface area contributed by atoms with Crippen molar-refractivity contribution in [3.8, 4) is 16.9 Å². The van der Waals surface area contributed by atoms with Crippen LogP contribution in [0.1, 0.15) is 28.0 Å². The molecule has 0 saturated carbocycles. The van der Waals surface area contributed by atoms with Gasteiger partial charge < -0.3 is 14.4 Å². The van der Waals surface area contributed by atoms with Crippen molar-refractivity contribution in [2.75, 3.05) is 6.61 Å². The van der Waals surface area contributed by atoms with E-state index >= 15 is 0 Å². The summed E-state index contributed by atoms with van der Waals surface area (Å²) in [5, 5.41) is 13.5. The summed E-state index contributed by atoms with van der Waals surface area (Å²) in [5.41, 5.74) is 5.28. The third-order valence-electron chi connectivity index (χ3n) is 6.58. The first-order valence-electron chi connectivity index (χ1n) is 11.6. The molecule has 0 aliphatic heterocycles. The smallest absolute Gasteiger partial charge is 0.353 e. The lowest BCUT2D eigenvalue weighted by Crippen LogP contribution is -2.12. The maximum absolute atomic E-state index is 12.5. The number of carboxylic acids is 1. The van der Waals surface area contributed by atoms with E-state index in [4.69, 9.17) is 4.74 Å². The van der Waals surface area contributed by atoms with Crippen molar-refractivity contribution >= 4 is 27.6 Å². The summed E-state index contributed by atoms with van der Waals surface area (Å²) in [7, 11) is 0. The molecule has 4 aromatic carbocycles. The highest BCUT2D eigenvalue weighted by Gasteiger charge is 2.24. The summed E-state index contributed by atoms with van der Waals surface area (Å²) >= 11 is 0. The van der Waals surface area contributed by atoms with Gasteiger partial charge in [-0.25, -0.2) is 4.79 Å². The van der Waals surface area contributed by atoms with Gasteiger partial charge in [-0.05, 0) is 54.5 Å². The molecule has 0 radical (unpaired) electrons. The molecule has 5 rings (SSSR count). The lowest BCUT2D eigenvalue weighted by molar-refractivity contribution is 0.0686. The third kappa shape index (κ3) is 3.81. The lowest BCUT2D eigenvalue weighted by atomic mass is 9.95. The van der Waals surface area contributed by atoms with Gasteiger partial charge in [0.15, 0.2) is 0 Å². The standard InChI is InChI=1S/C30H27NO3/c1-20-10-7-15-23(21(20)2)28-25-14-5-6-16-26(25)31(29(28)30(32)33)18-9-19-34-27-17-8-12-22-11-3-4-13-24(22)27/h3-8,10-17H,9,18-19H2,1-2H3,(H,32,33). The summed E-state index contributed by atoms with van der Waals surface area (Å²) in [4.78, 5) is 12.5. The van der Waals surface area contributed by atoms with Gasteiger partial charge in [0.2, 0.25) is 0 Å². The molecule has 0 aliphatic carbocycles. The number of aryl methyl sites for hydroxylation is 2. The Balaban J connectivity index is 1.48. The van der Waals surface area contributed by atoms with Crippen LogP contribution in [0.25, 0.3) is 32.8 Å². The van der Waals surface area contributed by atoms with Crippen LogP contribution in [-0.2, 0) is 6.54 Å². The van der Waals surface area contributed by atoms with Gasteiger partial charge in [0.05, 0.1) is 6.61 Å². The Hall–Kier alpha value is -4.05. The Labute approximate surface area is 199 Å². The van der Waals surface area contributed by atoms with Crippen LogP contribution in [0.3, 0.4) is 0 Å². The zero-order chi connectivity index (χ0) is 23.7. The molecule has 0 bridgehead atoms. The predicted octanol–water partition coefficient (Wildman–Crippen LogP) is 7.25. The molecule has 4 nitrogen and oxygen atoms in total. The molecule has 0 fully saturated rings. The summed E-state index contributed by atoms with van der Waals surface area (Å²) in [6.45, 7) is 5.17. The molecular weight excluding hydrogens is 422 g/mol. The number of carbonyl (C=O) groups is 1.